The molecular weight excluding hydrogens is 176 g/mol. The van der Waals surface area contributed by atoms with Crippen molar-refractivity contribution < 1.29 is 9.47 Å². The fourth-order valence-corrected chi connectivity index (χ4v) is 1.47. The van der Waals surface area contributed by atoms with Crippen LogP contribution in [0.2, 0.25) is 0 Å². The molecule has 1 aliphatic rings. The van der Waals surface area contributed by atoms with Gasteiger partial charge in [0.15, 0.2) is 0 Å². The molecule has 2 heteroatoms. The molecule has 0 saturated carbocycles. The van der Waals surface area contributed by atoms with Gasteiger partial charge in [0.25, 0.3) is 0 Å². The Morgan fingerprint density at radius 1 is 1.36 bits per heavy atom. The number of hydrogen-bond donors (Lipinski definition) is 0. The largest absolute Gasteiger partial charge is 0.493 e. The summed E-state index contributed by atoms with van der Waals surface area (Å²) in [4.78, 5) is 0. The van der Waals surface area contributed by atoms with E-state index in [4.69, 9.17) is 9.47 Å². The maximum atomic E-state index is 5.74. The van der Waals surface area contributed by atoms with Crippen LogP contribution in [0.3, 0.4) is 0 Å². The molecule has 1 aromatic rings. The van der Waals surface area contributed by atoms with Gasteiger partial charge in [0.2, 0.25) is 0 Å². The highest BCUT2D eigenvalue weighted by molar-refractivity contribution is 5.38. The van der Waals surface area contributed by atoms with Crippen LogP contribution >= 0.6 is 0 Å². The van der Waals surface area contributed by atoms with Crippen LogP contribution in [0.1, 0.15) is 11.1 Å². The van der Waals surface area contributed by atoms with Gasteiger partial charge in [-0.3, -0.25) is 0 Å². The predicted molar refractivity (Wildman–Crippen MR) is 55.7 cm³/mol. The molecule has 0 radical (unpaired) electrons. The number of hydrogen-bond acceptors (Lipinski definition) is 2. The van der Waals surface area contributed by atoms with Gasteiger partial charge in [-0.2, -0.15) is 0 Å². The first-order chi connectivity index (χ1) is 6.77. The average molecular weight is 192 g/mol. The molecule has 1 fully saturated rings. The van der Waals surface area contributed by atoms with E-state index in [0.717, 1.165) is 25.6 Å². The monoisotopic (exact) mass is 192 g/mol. The van der Waals surface area contributed by atoms with Crippen molar-refractivity contribution in [2.45, 2.75) is 13.8 Å². The summed E-state index contributed by atoms with van der Waals surface area (Å²) in [7, 11) is 0. The average Bonchev–Trinajstić information content (AvgIpc) is 2.09. The molecule has 1 heterocycles. The van der Waals surface area contributed by atoms with E-state index < -0.39 is 0 Å². The lowest BCUT2D eigenvalue weighted by molar-refractivity contribution is -0.0509. The van der Waals surface area contributed by atoms with Gasteiger partial charge in [-0.05, 0) is 31.0 Å². The summed E-state index contributed by atoms with van der Waals surface area (Å²) in [6.45, 7) is 6.69. The smallest absolute Gasteiger partial charge is 0.122 e. The van der Waals surface area contributed by atoms with E-state index in [1.807, 2.05) is 12.1 Å². The quantitative estimate of drug-likeness (QED) is 0.731. The molecule has 14 heavy (non-hydrogen) atoms. The van der Waals surface area contributed by atoms with E-state index >= 15 is 0 Å². The first kappa shape index (κ1) is 9.53. The molecule has 1 aromatic carbocycles. The Balaban J connectivity index is 1.97. The van der Waals surface area contributed by atoms with Crippen LogP contribution in [0.4, 0.5) is 0 Å². The Bertz CT molecular complexity index is 316. The first-order valence-electron chi connectivity index (χ1n) is 5.04. The molecule has 0 spiro atoms. The zero-order valence-electron chi connectivity index (χ0n) is 8.75. The molecule has 76 valence electrons. The fraction of sp³-hybridized carbons (Fsp3) is 0.500. The van der Waals surface area contributed by atoms with Crippen LogP contribution in [-0.4, -0.2) is 19.8 Å². The molecule has 0 unspecified atom stereocenters. The van der Waals surface area contributed by atoms with Crippen LogP contribution in [-0.2, 0) is 4.74 Å². The Morgan fingerprint density at radius 3 is 2.79 bits per heavy atom. The second-order valence-corrected chi connectivity index (χ2v) is 3.91. The van der Waals surface area contributed by atoms with Gasteiger partial charge in [-0.25, -0.2) is 0 Å². The Morgan fingerprint density at radius 2 is 2.14 bits per heavy atom. The zero-order chi connectivity index (χ0) is 9.97. The SMILES string of the molecule is Cc1cccc(OCC2COC2)c1C. The standard InChI is InChI=1S/C12H16O2/c1-9-4-3-5-12(10(9)2)14-8-11-6-13-7-11/h3-5,11H,6-8H2,1-2H3. The Hall–Kier alpha value is -1.02. The lowest BCUT2D eigenvalue weighted by Crippen LogP contribution is -2.32. The zero-order valence-corrected chi connectivity index (χ0v) is 8.75. The topological polar surface area (TPSA) is 18.5 Å². The maximum absolute atomic E-state index is 5.74. The van der Waals surface area contributed by atoms with Crippen LogP contribution < -0.4 is 4.74 Å². The molecule has 0 aromatic heterocycles. The Kier molecular flexibility index (Phi) is 2.73. The van der Waals surface area contributed by atoms with E-state index in [9.17, 15) is 0 Å². The van der Waals surface area contributed by atoms with Gasteiger partial charge in [0.05, 0.1) is 19.8 Å². The summed E-state index contributed by atoms with van der Waals surface area (Å²) in [5.41, 5.74) is 2.53. The third kappa shape index (κ3) is 1.90. The van der Waals surface area contributed by atoms with Crippen molar-refractivity contribution in [1.82, 2.24) is 0 Å². The molecular formula is C12H16O2. The van der Waals surface area contributed by atoms with Crippen LogP contribution in [0, 0.1) is 19.8 Å². The van der Waals surface area contributed by atoms with Crippen molar-refractivity contribution in [3.63, 3.8) is 0 Å². The van der Waals surface area contributed by atoms with Crippen molar-refractivity contribution in [3.8, 4) is 5.75 Å². The molecule has 2 rings (SSSR count). The third-order valence-corrected chi connectivity index (χ3v) is 2.74. The van der Waals surface area contributed by atoms with Crippen molar-refractivity contribution in [2.75, 3.05) is 19.8 Å². The predicted octanol–water partition coefficient (Wildman–Crippen LogP) is 2.33. The maximum Gasteiger partial charge on any atom is 0.122 e. The molecule has 1 aliphatic heterocycles. The van der Waals surface area contributed by atoms with Gasteiger partial charge in [0.1, 0.15) is 5.75 Å². The lowest BCUT2D eigenvalue weighted by atomic mass is 10.1. The van der Waals surface area contributed by atoms with Crippen LogP contribution in [0.5, 0.6) is 5.75 Å². The second kappa shape index (κ2) is 4.01. The van der Waals surface area contributed by atoms with Gasteiger partial charge < -0.3 is 9.47 Å². The number of rotatable bonds is 3. The highest BCUT2D eigenvalue weighted by atomic mass is 16.5. The lowest BCUT2D eigenvalue weighted by Gasteiger charge is -2.26. The van der Waals surface area contributed by atoms with Crippen molar-refractivity contribution in [1.29, 1.82) is 0 Å². The van der Waals surface area contributed by atoms with Crippen molar-refractivity contribution in [3.05, 3.63) is 29.3 Å². The molecule has 2 nitrogen and oxygen atoms in total. The van der Waals surface area contributed by atoms with Gasteiger partial charge in [0, 0.05) is 5.92 Å². The molecule has 0 N–H and O–H groups in total. The first-order valence-corrected chi connectivity index (χ1v) is 5.04. The minimum Gasteiger partial charge on any atom is -0.493 e. The molecule has 0 bridgehead atoms. The van der Waals surface area contributed by atoms with Crippen LogP contribution in [0.15, 0.2) is 18.2 Å². The number of ether oxygens (including phenoxy) is 2. The highest BCUT2D eigenvalue weighted by Gasteiger charge is 2.19. The summed E-state index contributed by atoms with van der Waals surface area (Å²) < 4.78 is 10.8. The van der Waals surface area contributed by atoms with Crippen LogP contribution in [0.25, 0.3) is 0 Å². The molecule has 0 amide bonds. The molecule has 1 saturated heterocycles. The molecule has 0 aliphatic carbocycles. The van der Waals surface area contributed by atoms with E-state index in [1.165, 1.54) is 11.1 Å². The number of benzene rings is 1. The summed E-state index contributed by atoms with van der Waals surface area (Å²) in [6.07, 6.45) is 0. The van der Waals surface area contributed by atoms with E-state index in [-0.39, 0.29) is 0 Å². The van der Waals surface area contributed by atoms with Gasteiger partial charge in [-0.1, -0.05) is 12.1 Å². The summed E-state index contributed by atoms with van der Waals surface area (Å²) >= 11 is 0. The third-order valence-electron chi connectivity index (χ3n) is 2.74. The van der Waals surface area contributed by atoms with Crippen molar-refractivity contribution in [2.24, 2.45) is 5.92 Å². The van der Waals surface area contributed by atoms with Crippen molar-refractivity contribution >= 4 is 0 Å². The summed E-state index contributed by atoms with van der Waals surface area (Å²) in [5.74, 6) is 1.60. The summed E-state index contributed by atoms with van der Waals surface area (Å²) in [5, 5.41) is 0. The van der Waals surface area contributed by atoms with Gasteiger partial charge in [-0.15, -0.1) is 0 Å². The van der Waals surface area contributed by atoms with E-state index in [1.54, 1.807) is 0 Å². The van der Waals surface area contributed by atoms with E-state index in [0.29, 0.717) is 5.92 Å². The van der Waals surface area contributed by atoms with E-state index in [2.05, 4.69) is 19.9 Å². The minimum atomic E-state index is 0.593. The Labute approximate surface area is 84.8 Å². The van der Waals surface area contributed by atoms with Gasteiger partial charge >= 0.3 is 0 Å². The summed E-state index contributed by atoms with van der Waals surface area (Å²) in [6, 6.07) is 6.17. The second-order valence-electron chi connectivity index (χ2n) is 3.91. The minimum absolute atomic E-state index is 0.593. The number of aryl methyl sites for hydroxylation is 1. The fourth-order valence-electron chi connectivity index (χ4n) is 1.47. The normalized spacial score (nSPS) is 16.4. The highest BCUT2D eigenvalue weighted by Crippen LogP contribution is 2.22. The molecule has 0 atom stereocenters.